The quantitative estimate of drug-likeness (QED) is 0.858. The molecule has 1 aromatic carbocycles. The van der Waals surface area contributed by atoms with Gasteiger partial charge >= 0.3 is 0 Å². The van der Waals surface area contributed by atoms with Crippen LogP contribution in [0.2, 0.25) is 0 Å². The molecule has 0 spiro atoms. The first-order valence-electron chi connectivity index (χ1n) is 6.50. The van der Waals surface area contributed by atoms with Crippen molar-refractivity contribution in [3.05, 3.63) is 29.3 Å². The number of benzene rings is 1. The highest BCUT2D eigenvalue weighted by molar-refractivity contribution is 6.00. The summed E-state index contributed by atoms with van der Waals surface area (Å²) in [5.74, 6) is -0.0233. The largest absolute Gasteiger partial charge is 0.384 e. The number of amides is 1. The van der Waals surface area contributed by atoms with E-state index in [0.29, 0.717) is 0 Å². The highest BCUT2D eigenvalue weighted by atomic mass is 16.1. The summed E-state index contributed by atoms with van der Waals surface area (Å²) >= 11 is 0. The van der Waals surface area contributed by atoms with Crippen LogP contribution in [0.1, 0.15) is 50.0 Å². The molecule has 0 saturated heterocycles. The normalized spacial score (nSPS) is 11.2. The van der Waals surface area contributed by atoms with E-state index in [9.17, 15) is 4.79 Å². The molecule has 0 heterocycles. The molecule has 0 aliphatic rings. The van der Waals surface area contributed by atoms with Crippen LogP contribution >= 0.6 is 0 Å². The molecule has 1 amide bonds. The first-order chi connectivity index (χ1) is 8.33. The van der Waals surface area contributed by atoms with Crippen LogP contribution < -0.4 is 10.6 Å². The van der Waals surface area contributed by atoms with Crippen molar-refractivity contribution in [1.82, 2.24) is 5.32 Å². The number of anilines is 1. The fraction of sp³-hybridized carbons (Fsp3) is 0.533. The molecule has 0 aliphatic carbocycles. The highest BCUT2D eigenvalue weighted by Gasteiger charge is 2.17. The van der Waals surface area contributed by atoms with E-state index in [-0.39, 0.29) is 11.4 Å². The molecule has 0 radical (unpaired) electrons. The second-order valence-electron chi connectivity index (χ2n) is 5.68. The summed E-state index contributed by atoms with van der Waals surface area (Å²) in [6, 6.07) is 5.92. The molecule has 0 bridgehead atoms. The van der Waals surface area contributed by atoms with Crippen LogP contribution in [0.4, 0.5) is 5.69 Å². The Morgan fingerprint density at radius 3 is 2.50 bits per heavy atom. The van der Waals surface area contributed by atoms with Crippen LogP contribution in [0.25, 0.3) is 0 Å². The van der Waals surface area contributed by atoms with Gasteiger partial charge in [-0.2, -0.15) is 0 Å². The minimum absolute atomic E-state index is 0.0233. The van der Waals surface area contributed by atoms with Gasteiger partial charge in [0.2, 0.25) is 0 Å². The van der Waals surface area contributed by atoms with E-state index in [1.807, 2.05) is 45.9 Å². The van der Waals surface area contributed by atoms with Crippen LogP contribution in [0.5, 0.6) is 0 Å². The lowest BCUT2D eigenvalue weighted by Gasteiger charge is -2.22. The minimum atomic E-state index is -0.219. The molecule has 3 nitrogen and oxygen atoms in total. The molecule has 1 rings (SSSR count). The summed E-state index contributed by atoms with van der Waals surface area (Å²) in [6.45, 7) is 10.9. The van der Waals surface area contributed by atoms with Gasteiger partial charge in [0.25, 0.3) is 5.91 Å². The van der Waals surface area contributed by atoms with Gasteiger partial charge in [0.05, 0.1) is 5.56 Å². The van der Waals surface area contributed by atoms with E-state index in [4.69, 9.17) is 0 Å². The first kappa shape index (κ1) is 14.6. The maximum atomic E-state index is 12.2. The number of nitrogens with one attached hydrogen (secondary N) is 2. The third-order valence-corrected chi connectivity index (χ3v) is 2.47. The van der Waals surface area contributed by atoms with Crippen molar-refractivity contribution >= 4 is 11.6 Å². The molecule has 100 valence electrons. The molecule has 0 fully saturated rings. The van der Waals surface area contributed by atoms with E-state index in [1.54, 1.807) is 0 Å². The van der Waals surface area contributed by atoms with E-state index in [0.717, 1.165) is 29.8 Å². The standard InChI is InChI=1S/C15H24N2O/c1-6-9-16-13-8-7-11(2)10-12(13)14(18)17-15(3,4)5/h7-8,10,16H,6,9H2,1-5H3,(H,17,18). The lowest BCUT2D eigenvalue weighted by Crippen LogP contribution is -2.40. The average molecular weight is 248 g/mol. The van der Waals surface area contributed by atoms with Crippen LogP contribution in [0.15, 0.2) is 18.2 Å². The zero-order chi connectivity index (χ0) is 13.8. The fourth-order valence-electron chi connectivity index (χ4n) is 1.67. The monoisotopic (exact) mass is 248 g/mol. The number of rotatable bonds is 4. The van der Waals surface area contributed by atoms with Crippen molar-refractivity contribution in [3.63, 3.8) is 0 Å². The number of carbonyl (C=O) groups excluding carboxylic acids is 1. The predicted molar refractivity (Wildman–Crippen MR) is 77.2 cm³/mol. The van der Waals surface area contributed by atoms with Crippen molar-refractivity contribution in [2.24, 2.45) is 0 Å². The smallest absolute Gasteiger partial charge is 0.253 e. The van der Waals surface area contributed by atoms with Gasteiger partial charge in [-0.1, -0.05) is 18.6 Å². The van der Waals surface area contributed by atoms with Gasteiger partial charge in [0.15, 0.2) is 0 Å². The van der Waals surface area contributed by atoms with Gasteiger partial charge in [0, 0.05) is 17.8 Å². The van der Waals surface area contributed by atoms with Crippen molar-refractivity contribution < 1.29 is 4.79 Å². The number of hydrogen-bond acceptors (Lipinski definition) is 2. The molecule has 0 unspecified atom stereocenters. The van der Waals surface area contributed by atoms with Crippen LogP contribution in [-0.2, 0) is 0 Å². The Labute approximate surface area is 110 Å². The van der Waals surface area contributed by atoms with Gasteiger partial charge in [-0.05, 0) is 46.2 Å². The highest BCUT2D eigenvalue weighted by Crippen LogP contribution is 2.18. The molecule has 2 N–H and O–H groups in total. The summed E-state index contributed by atoms with van der Waals surface area (Å²) in [5.41, 5.74) is 2.50. The predicted octanol–water partition coefficient (Wildman–Crippen LogP) is 3.35. The molecular weight excluding hydrogens is 224 g/mol. The van der Waals surface area contributed by atoms with Gasteiger partial charge in [-0.25, -0.2) is 0 Å². The summed E-state index contributed by atoms with van der Waals surface area (Å²) < 4.78 is 0. The Balaban J connectivity index is 2.97. The Hall–Kier alpha value is -1.51. The SMILES string of the molecule is CCCNc1ccc(C)cc1C(=O)NC(C)(C)C. The van der Waals surface area contributed by atoms with Gasteiger partial charge in [0.1, 0.15) is 0 Å². The topological polar surface area (TPSA) is 41.1 Å². The molecule has 0 atom stereocenters. The Bertz CT molecular complexity index is 419. The molecule has 0 aromatic heterocycles. The fourth-order valence-corrected chi connectivity index (χ4v) is 1.67. The second kappa shape index (κ2) is 5.89. The summed E-state index contributed by atoms with van der Waals surface area (Å²) in [4.78, 5) is 12.2. The number of hydrogen-bond donors (Lipinski definition) is 2. The summed E-state index contributed by atoms with van der Waals surface area (Å²) in [5, 5.41) is 6.30. The summed E-state index contributed by atoms with van der Waals surface area (Å²) in [6.07, 6.45) is 1.04. The molecule has 18 heavy (non-hydrogen) atoms. The van der Waals surface area contributed by atoms with Crippen LogP contribution in [0, 0.1) is 6.92 Å². The molecule has 0 aliphatic heterocycles. The van der Waals surface area contributed by atoms with E-state index in [2.05, 4.69) is 17.6 Å². The minimum Gasteiger partial charge on any atom is -0.384 e. The van der Waals surface area contributed by atoms with Crippen LogP contribution in [0.3, 0.4) is 0 Å². The lowest BCUT2D eigenvalue weighted by atomic mass is 10.0. The zero-order valence-electron chi connectivity index (χ0n) is 12.1. The summed E-state index contributed by atoms with van der Waals surface area (Å²) in [7, 11) is 0. The van der Waals surface area contributed by atoms with E-state index < -0.39 is 0 Å². The Kier molecular flexibility index (Phi) is 4.76. The molecular formula is C15H24N2O. The van der Waals surface area contributed by atoms with Gasteiger partial charge < -0.3 is 10.6 Å². The van der Waals surface area contributed by atoms with Crippen LogP contribution in [-0.4, -0.2) is 18.0 Å². The zero-order valence-corrected chi connectivity index (χ0v) is 12.1. The molecule has 0 saturated carbocycles. The molecule has 3 heteroatoms. The van der Waals surface area contributed by atoms with Crippen molar-refractivity contribution in [1.29, 1.82) is 0 Å². The average Bonchev–Trinajstić information content (AvgIpc) is 2.25. The number of aryl methyl sites for hydroxylation is 1. The van der Waals surface area contributed by atoms with E-state index >= 15 is 0 Å². The van der Waals surface area contributed by atoms with E-state index in [1.165, 1.54) is 0 Å². The van der Waals surface area contributed by atoms with Crippen molar-refractivity contribution in [2.45, 2.75) is 46.6 Å². The first-order valence-corrected chi connectivity index (χ1v) is 6.50. The third-order valence-electron chi connectivity index (χ3n) is 2.47. The Morgan fingerprint density at radius 2 is 1.94 bits per heavy atom. The van der Waals surface area contributed by atoms with Crippen molar-refractivity contribution in [2.75, 3.05) is 11.9 Å². The van der Waals surface area contributed by atoms with Gasteiger partial charge in [-0.15, -0.1) is 0 Å². The maximum Gasteiger partial charge on any atom is 0.253 e. The third kappa shape index (κ3) is 4.40. The lowest BCUT2D eigenvalue weighted by molar-refractivity contribution is 0.0920. The maximum absolute atomic E-state index is 12.2. The van der Waals surface area contributed by atoms with Gasteiger partial charge in [-0.3, -0.25) is 4.79 Å². The number of carbonyl (C=O) groups is 1. The second-order valence-corrected chi connectivity index (χ2v) is 5.68. The van der Waals surface area contributed by atoms with Crippen molar-refractivity contribution in [3.8, 4) is 0 Å². The molecule has 1 aromatic rings. The Morgan fingerprint density at radius 1 is 1.28 bits per heavy atom.